The summed E-state index contributed by atoms with van der Waals surface area (Å²) in [5.41, 5.74) is 5.06. The SMILES string of the molecule is CCCCCCCOc1ccc(-c2cnc(-c3ccc(C[C@H](NC(=O)c4ccc(C(C)(C)C)cc4)C(=O)N4C[C@H](O)C[C@@H]4CO)cc3)nc2)cc1. The molecular weight excluding hydrogens is 640 g/mol. The highest BCUT2D eigenvalue weighted by molar-refractivity contribution is 5.97. The molecule has 0 unspecified atom stereocenters. The molecular formula is C42H52N4O5. The summed E-state index contributed by atoms with van der Waals surface area (Å²) in [5.74, 6) is 0.732. The van der Waals surface area contributed by atoms with Gasteiger partial charge < -0.3 is 25.2 Å². The number of aliphatic hydroxyl groups is 2. The van der Waals surface area contributed by atoms with Gasteiger partial charge in [0.15, 0.2) is 5.82 Å². The average Bonchev–Trinajstić information content (AvgIpc) is 3.53. The number of aromatic nitrogens is 2. The lowest BCUT2D eigenvalue weighted by Gasteiger charge is -2.28. The van der Waals surface area contributed by atoms with Crippen molar-refractivity contribution in [2.24, 2.45) is 0 Å². The van der Waals surface area contributed by atoms with Crippen LogP contribution in [0.3, 0.4) is 0 Å². The molecule has 1 saturated heterocycles. The third-order valence-corrected chi connectivity index (χ3v) is 9.51. The van der Waals surface area contributed by atoms with Crippen LogP contribution >= 0.6 is 0 Å². The lowest BCUT2D eigenvalue weighted by Crippen LogP contribution is -2.52. The number of β-amino-alcohol motifs (C(OH)–C–C–N with tert-alkyl or cyclic N) is 1. The van der Waals surface area contributed by atoms with Gasteiger partial charge in [-0.15, -0.1) is 0 Å². The van der Waals surface area contributed by atoms with E-state index in [2.05, 4.69) is 43.0 Å². The first-order chi connectivity index (χ1) is 24.5. The second kappa shape index (κ2) is 17.6. The summed E-state index contributed by atoms with van der Waals surface area (Å²) < 4.78 is 5.90. The first kappa shape index (κ1) is 37.7. The Balaban J connectivity index is 1.24. The first-order valence-electron chi connectivity index (χ1n) is 18.2. The van der Waals surface area contributed by atoms with E-state index in [0.29, 0.717) is 17.8 Å². The van der Waals surface area contributed by atoms with Crippen molar-refractivity contribution in [2.75, 3.05) is 19.8 Å². The van der Waals surface area contributed by atoms with Gasteiger partial charge in [-0.1, -0.05) is 102 Å². The largest absolute Gasteiger partial charge is 0.494 e. The number of nitrogens with zero attached hydrogens (tertiary/aromatic N) is 3. The fourth-order valence-corrected chi connectivity index (χ4v) is 6.39. The molecule has 3 aromatic carbocycles. The Labute approximate surface area is 302 Å². The first-order valence-corrected chi connectivity index (χ1v) is 18.2. The summed E-state index contributed by atoms with van der Waals surface area (Å²) in [4.78, 5) is 37.9. The van der Waals surface area contributed by atoms with Gasteiger partial charge in [0.25, 0.3) is 5.91 Å². The molecule has 270 valence electrons. The molecule has 1 fully saturated rings. The number of unbranched alkanes of at least 4 members (excludes halogenated alkanes) is 4. The lowest BCUT2D eigenvalue weighted by molar-refractivity contribution is -0.135. The second-order valence-electron chi connectivity index (χ2n) is 14.6. The number of ether oxygens (including phenoxy) is 1. The van der Waals surface area contributed by atoms with Crippen LogP contribution in [-0.4, -0.2) is 74.8 Å². The van der Waals surface area contributed by atoms with Crippen LogP contribution in [0.2, 0.25) is 0 Å². The summed E-state index contributed by atoms with van der Waals surface area (Å²) in [6.07, 6.45) is 9.44. The molecule has 2 heterocycles. The number of hydrogen-bond acceptors (Lipinski definition) is 7. The predicted octanol–water partition coefficient (Wildman–Crippen LogP) is 6.75. The molecule has 2 amide bonds. The van der Waals surface area contributed by atoms with E-state index in [1.54, 1.807) is 24.5 Å². The number of likely N-dealkylation sites (tertiary alicyclic amines) is 1. The molecule has 4 aromatic rings. The number of benzene rings is 3. The van der Waals surface area contributed by atoms with Crippen molar-refractivity contribution in [3.63, 3.8) is 0 Å². The normalized spacial score (nSPS) is 16.5. The Morgan fingerprint density at radius 3 is 2.16 bits per heavy atom. The van der Waals surface area contributed by atoms with Crippen LogP contribution in [-0.2, 0) is 16.6 Å². The molecule has 0 radical (unpaired) electrons. The van der Waals surface area contributed by atoms with E-state index in [-0.39, 0.29) is 36.8 Å². The van der Waals surface area contributed by atoms with Crippen LogP contribution in [0.5, 0.6) is 5.75 Å². The number of carbonyl (C=O) groups is 2. The molecule has 3 atom stereocenters. The van der Waals surface area contributed by atoms with Gasteiger partial charge >= 0.3 is 0 Å². The molecule has 5 rings (SSSR count). The Hall–Kier alpha value is -4.60. The molecule has 9 heteroatoms. The lowest BCUT2D eigenvalue weighted by atomic mass is 9.86. The monoisotopic (exact) mass is 692 g/mol. The van der Waals surface area contributed by atoms with Gasteiger partial charge in [-0.3, -0.25) is 9.59 Å². The number of rotatable bonds is 15. The molecule has 51 heavy (non-hydrogen) atoms. The van der Waals surface area contributed by atoms with Crippen molar-refractivity contribution in [3.8, 4) is 28.3 Å². The fourth-order valence-electron chi connectivity index (χ4n) is 6.39. The zero-order chi connectivity index (χ0) is 36.4. The molecule has 1 aromatic heterocycles. The molecule has 3 N–H and O–H groups in total. The Morgan fingerprint density at radius 2 is 1.53 bits per heavy atom. The van der Waals surface area contributed by atoms with Gasteiger partial charge in [-0.05, 0) is 59.2 Å². The Bertz CT molecular complexity index is 1700. The van der Waals surface area contributed by atoms with Crippen LogP contribution in [0.15, 0.2) is 85.2 Å². The molecule has 0 aliphatic carbocycles. The van der Waals surface area contributed by atoms with Gasteiger partial charge in [-0.25, -0.2) is 9.97 Å². The van der Waals surface area contributed by atoms with E-state index in [1.807, 2.05) is 60.7 Å². The van der Waals surface area contributed by atoms with E-state index in [9.17, 15) is 19.8 Å². The summed E-state index contributed by atoms with van der Waals surface area (Å²) in [6.45, 7) is 9.12. The molecule has 1 aliphatic rings. The van der Waals surface area contributed by atoms with Crippen LogP contribution in [0.1, 0.15) is 87.7 Å². The maximum Gasteiger partial charge on any atom is 0.251 e. The number of carbonyl (C=O) groups excluding carboxylic acids is 2. The minimum atomic E-state index is -0.900. The van der Waals surface area contributed by atoms with Crippen molar-refractivity contribution in [1.29, 1.82) is 0 Å². The van der Waals surface area contributed by atoms with E-state index >= 15 is 0 Å². The van der Waals surface area contributed by atoms with Crippen LogP contribution in [0.25, 0.3) is 22.5 Å². The van der Waals surface area contributed by atoms with Crippen LogP contribution < -0.4 is 10.1 Å². The quantitative estimate of drug-likeness (QED) is 0.118. The Morgan fingerprint density at radius 1 is 0.882 bits per heavy atom. The number of nitrogens with one attached hydrogen (secondary N) is 1. The summed E-state index contributed by atoms with van der Waals surface area (Å²) in [6, 6.07) is 21.6. The van der Waals surface area contributed by atoms with Gasteiger partial charge in [0.2, 0.25) is 5.91 Å². The molecule has 1 aliphatic heterocycles. The third kappa shape index (κ3) is 10.2. The van der Waals surface area contributed by atoms with Crippen molar-refractivity contribution < 1.29 is 24.5 Å². The highest BCUT2D eigenvalue weighted by Gasteiger charge is 2.37. The summed E-state index contributed by atoms with van der Waals surface area (Å²) in [5, 5.41) is 23.1. The average molecular weight is 693 g/mol. The maximum atomic E-state index is 13.8. The van der Waals surface area contributed by atoms with Gasteiger partial charge in [-0.2, -0.15) is 0 Å². The van der Waals surface area contributed by atoms with Crippen molar-refractivity contribution in [1.82, 2.24) is 20.2 Å². The molecule has 0 saturated carbocycles. The maximum absolute atomic E-state index is 13.8. The fraction of sp³-hybridized carbons (Fsp3) is 0.429. The third-order valence-electron chi connectivity index (χ3n) is 9.51. The number of amides is 2. The Kier molecular flexibility index (Phi) is 13.0. The van der Waals surface area contributed by atoms with Crippen LogP contribution in [0, 0.1) is 0 Å². The molecule has 9 nitrogen and oxygen atoms in total. The van der Waals surface area contributed by atoms with Crippen molar-refractivity contribution in [3.05, 3.63) is 102 Å². The predicted molar refractivity (Wildman–Crippen MR) is 200 cm³/mol. The second-order valence-corrected chi connectivity index (χ2v) is 14.6. The van der Waals surface area contributed by atoms with Gasteiger partial charge in [0, 0.05) is 42.0 Å². The van der Waals surface area contributed by atoms with E-state index in [1.165, 1.54) is 30.6 Å². The standard InChI is InChI=1S/C42H52N4O5/c1-5-6-7-8-9-22-51-37-20-16-30(17-21-37)33-25-43-39(44-26-33)31-12-10-29(11-13-31)23-38(41(50)46-27-36(48)24-35(46)28-47)45-40(49)32-14-18-34(19-15-32)42(2,3)4/h10-21,25-26,35-36,38,47-48H,5-9,22-24,27-28H2,1-4H3,(H,45,49)/t35-,36-,38+/m1/s1. The smallest absolute Gasteiger partial charge is 0.251 e. The van der Waals surface area contributed by atoms with Crippen molar-refractivity contribution >= 4 is 11.8 Å². The van der Waals surface area contributed by atoms with Crippen molar-refractivity contribution in [2.45, 2.75) is 96.2 Å². The highest BCUT2D eigenvalue weighted by Crippen LogP contribution is 2.25. The van der Waals surface area contributed by atoms with E-state index < -0.39 is 18.2 Å². The zero-order valence-corrected chi connectivity index (χ0v) is 30.3. The minimum Gasteiger partial charge on any atom is -0.494 e. The number of hydrogen-bond donors (Lipinski definition) is 3. The van der Waals surface area contributed by atoms with Crippen LogP contribution in [0.4, 0.5) is 0 Å². The summed E-state index contributed by atoms with van der Waals surface area (Å²) in [7, 11) is 0. The molecule has 0 spiro atoms. The topological polar surface area (TPSA) is 125 Å². The highest BCUT2D eigenvalue weighted by atomic mass is 16.5. The molecule has 0 bridgehead atoms. The summed E-state index contributed by atoms with van der Waals surface area (Å²) >= 11 is 0. The van der Waals surface area contributed by atoms with E-state index in [4.69, 9.17) is 4.74 Å². The van der Waals surface area contributed by atoms with Gasteiger partial charge in [0.1, 0.15) is 11.8 Å². The zero-order valence-electron chi connectivity index (χ0n) is 30.3. The van der Waals surface area contributed by atoms with Gasteiger partial charge in [0.05, 0.1) is 25.4 Å². The van der Waals surface area contributed by atoms with E-state index in [0.717, 1.165) is 46.6 Å². The minimum absolute atomic E-state index is 0.0582. The number of aliphatic hydroxyl groups excluding tert-OH is 2.